The lowest BCUT2D eigenvalue weighted by molar-refractivity contribution is -0.140. The number of unbranched alkanes of at least 4 members (excludes halogenated alkanes) is 10. The zero-order valence-electron chi connectivity index (χ0n) is 43.4. The van der Waals surface area contributed by atoms with E-state index in [0.717, 1.165) is 17.4 Å². The molecule has 432 valence electrons. The molecule has 0 spiro atoms. The third-order valence-electron chi connectivity index (χ3n) is 11.9. The van der Waals surface area contributed by atoms with Crippen LogP contribution in [0.2, 0.25) is 0 Å². The number of hydrogen-bond acceptors (Lipinski definition) is 19. The van der Waals surface area contributed by atoms with E-state index < -0.39 is 95.6 Å². The van der Waals surface area contributed by atoms with Gasteiger partial charge in [-0.2, -0.15) is 4.98 Å². The van der Waals surface area contributed by atoms with E-state index in [4.69, 9.17) is 61.8 Å². The van der Waals surface area contributed by atoms with Crippen LogP contribution in [0.3, 0.4) is 0 Å². The van der Waals surface area contributed by atoms with Crippen molar-refractivity contribution in [2.24, 2.45) is 10.8 Å². The van der Waals surface area contributed by atoms with Crippen molar-refractivity contribution in [3.63, 3.8) is 0 Å². The molecule has 0 radical (unpaired) electrons. The number of thioether (sulfide) groups is 1. The fourth-order valence-corrected chi connectivity index (χ4v) is 8.47. The Balaban J connectivity index is 0.000000334. The minimum Gasteiger partial charge on any atom is -0.481 e. The number of carboxylic acids is 3. The summed E-state index contributed by atoms with van der Waals surface area (Å²) >= 11 is 1.47. The lowest BCUT2D eigenvalue weighted by atomic mass is 10.1. The van der Waals surface area contributed by atoms with Gasteiger partial charge in [0.25, 0.3) is 11.1 Å². The van der Waals surface area contributed by atoms with E-state index in [-0.39, 0.29) is 56.4 Å². The number of carbonyl (C=O) groups is 3. The van der Waals surface area contributed by atoms with Gasteiger partial charge in [-0.25, -0.2) is 18.8 Å². The number of alkyl halides is 1. The number of carboxylic acid groups (broad SMARTS) is 3. The fraction of sp³-hybridized carbons (Fsp3) is 0.681. The smallest absolute Gasteiger partial charge is 0.351 e. The van der Waals surface area contributed by atoms with Crippen molar-refractivity contribution >= 4 is 35.5 Å². The molecule has 9 atom stereocenters. The first-order valence-corrected chi connectivity index (χ1v) is 26.1. The number of rotatable bonds is 23. The van der Waals surface area contributed by atoms with E-state index in [1.165, 1.54) is 91.1 Å². The average molecular weight is 1120 g/mol. The Bertz CT molecular complexity index is 2640. The summed E-state index contributed by atoms with van der Waals surface area (Å²) in [5, 5.41) is 55.1. The van der Waals surface area contributed by atoms with E-state index >= 15 is 0 Å². The number of aliphatic hydroxyl groups excluding tert-OH is 3. The van der Waals surface area contributed by atoms with Crippen LogP contribution in [-0.2, 0) is 28.6 Å². The number of aliphatic carboxylic acids is 3. The largest absolute Gasteiger partial charge is 0.481 e. The third-order valence-corrected chi connectivity index (χ3v) is 13.0. The van der Waals surface area contributed by atoms with Gasteiger partial charge < -0.3 is 56.3 Å². The number of H-pyrrole nitrogens is 2. The van der Waals surface area contributed by atoms with Gasteiger partial charge in [-0.05, 0) is 38.3 Å². The summed E-state index contributed by atoms with van der Waals surface area (Å²) in [4.78, 5) is 97.8. The zero-order valence-corrected chi connectivity index (χ0v) is 44.2. The number of nitrogens with two attached hydrogens (primary N) is 2. The van der Waals surface area contributed by atoms with Crippen molar-refractivity contribution in [1.82, 2.24) is 28.7 Å². The predicted molar refractivity (Wildman–Crippen MR) is 279 cm³/mol. The van der Waals surface area contributed by atoms with Crippen LogP contribution in [0.1, 0.15) is 139 Å². The molecule has 12 N–H and O–H groups in total. The maximum absolute atomic E-state index is 13.4. The Morgan fingerprint density at radius 2 is 1.29 bits per heavy atom. The first kappa shape index (κ1) is 66.9. The van der Waals surface area contributed by atoms with Gasteiger partial charge >= 0.3 is 35.0 Å². The molecule has 3 saturated heterocycles. The maximum atomic E-state index is 13.4. The number of nitrogens with zero attached hydrogens (tertiary/aromatic N) is 7. The third kappa shape index (κ3) is 24.3. The number of hydrogen-bond donors (Lipinski definition) is 10. The summed E-state index contributed by atoms with van der Waals surface area (Å²) < 4.78 is 33.2. The Labute approximate surface area is 445 Å². The second-order valence-corrected chi connectivity index (χ2v) is 19.2. The summed E-state index contributed by atoms with van der Waals surface area (Å²) in [7, 11) is 0. The lowest BCUT2D eigenvalue weighted by Crippen LogP contribution is -2.33. The topological polar surface area (TPSA) is 446 Å². The van der Waals surface area contributed by atoms with E-state index in [2.05, 4.69) is 31.9 Å². The maximum Gasteiger partial charge on any atom is 0.351 e. The van der Waals surface area contributed by atoms with Crippen LogP contribution in [0.4, 0.5) is 10.2 Å². The molecule has 28 nitrogen and oxygen atoms in total. The van der Waals surface area contributed by atoms with Crippen molar-refractivity contribution in [2.75, 3.05) is 31.3 Å². The van der Waals surface area contributed by atoms with Gasteiger partial charge in [0.15, 0.2) is 0 Å². The van der Waals surface area contributed by atoms with Crippen LogP contribution in [0.5, 0.6) is 0 Å². The van der Waals surface area contributed by atoms with E-state index in [0.29, 0.717) is 23.3 Å². The number of halogens is 1. The monoisotopic (exact) mass is 1120 g/mol. The van der Waals surface area contributed by atoms with Gasteiger partial charge in [-0.3, -0.25) is 47.6 Å². The van der Waals surface area contributed by atoms with E-state index in [9.17, 15) is 42.7 Å². The molecule has 3 fully saturated rings. The second kappa shape index (κ2) is 36.0. The normalized spacial score (nSPS) is 21.6. The molecule has 3 aliphatic heterocycles. The van der Waals surface area contributed by atoms with Gasteiger partial charge in [-0.15, -0.1) is 11.8 Å². The molecule has 3 aliphatic rings. The van der Waals surface area contributed by atoms with Crippen LogP contribution >= 0.6 is 11.8 Å². The van der Waals surface area contributed by atoms with Gasteiger partial charge in [0, 0.05) is 66.1 Å². The Kier molecular flexibility index (Phi) is 31.2. The standard InChI is InChI=1S/C14H28O2.C10H13FN2O4.C10H13N5O4.C8H11N3O3S.C5H9NO4/c1-2-3-4-5-6-7-8-9-10-11-12-13-14(15)16;1-5-3-13(10(16)12-9(5)15)8-2-6(11)7(4-14)17-8;1-5-3-15(10(18)12-9(5)17)8-2-6(13-14-11)7(4-16)19-8;9-5-1-2-11(8(13)10-5)6-4-15-7(3-12)14-6;6-3(5(9)10)1-2-4(7)8/h2-13H2,1H3,(H,15,16);3,6-8,14H,2,4H2,1H3,(H,12,15,16);3,6-8,16H,2,4H2,1H3,(H,12,17,18);1-2,6-7,12H,3-4H2,(H2,9,10,13);3H,1-2,6H2,(H,7,8)(H,9,10)/t;2*6-,7+,8+;6-,7+;/m.000./s1. The van der Waals surface area contributed by atoms with Gasteiger partial charge in [0.2, 0.25) is 0 Å². The summed E-state index contributed by atoms with van der Waals surface area (Å²) in [6.07, 6.45) is 13.9. The van der Waals surface area contributed by atoms with Crippen LogP contribution in [-0.4, -0.2) is 139 Å². The molecule has 0 aromatic carbocycles. The van der Waals surface area contributed by atoms with Crippen molar-refractivity contribution < 1.29 is 63.6 Å². The van der Waals surface area contributed by atoms with E-state index in [1.807, 2.05) is 0 Å². The van der Waals surface area contributed by atoms with Crippen molar-refractivity contribution in [2.45, 2.75) is 178 Å². The highest BCUT2D eigenvalue weighted by atomic mass is 32.2. The minimum atomic E-state index is -1.32. The van der Waals surface area contributed by atoms with Crippen molar-refractivity contribution in [1.29, 1.82) is 0 Å². The first-order chi connectivity index (χ1) is 36.6. The summed E-state index contributed by atoms with van der Waals surface area (Å²) in [5.74, 6) is -2.04. The number of aromatic amines is 2. The van der Waals surface area contributed by atoms with Crippen LogP contribution < -0.4 is 39.7 Å². The molecule has 0 amide bonds. The number of aromatic nitrogens is 6. The Hall–Kier alpha value is -6.24. The van der Waals surface area contributed by atoms with Crippen molar-refractivity contribution in [3.8, 4) is 0 Å². The Morgan fingerprint density at radius 1 is 0.779 bits per heavy atom. The molecule has 0 saturated carbocycles. The van der Waals surface area contributed by atoms with Gasteiger partial charge in [0.05, 0.1) is 32.0 Å². The average Bonchev–Trinajstić information content (AvgIpc) is 4.14. The first-order valence-electron chi connectivity index (χ1n) is 25.1. The highest BCUT2D eigenvalue weighted by Gasteiger charge is 2.37. The fourth-order valence-electron chi connectivity index (χ4n) is 7.53. The molecule has 3 aromatic rings. The number of azide groups is 1. The predicted octanol–water partition coefficient (Wildman–Crippen LogP) is 2.71. The SMILES string of the molecule is CCCCCCCCCCCCCC(=O)O.Cc1cn([C@H]2C[C@H](F)[C@@H](CO)O2)c(=O)[nH]c1=O.Cc1cn([C@H]2C[C@H](N=[N+]=[N-])[C@@H](CO)O2)c(=O)[nH]c1=O.NC(CCC(=O)O)C(=O)O.Nc1ccn([C@@H]2CS[C@H](CO)O2)c(=O)n1. The molecular formula is C47H74FN11O17S. The number of nitrogen functional groups attached to an aromatic ring is 1. The quantitative estimate of drug-likeness (QED) is 0.0282. The van der Waals surface area contributed by atoms with Crippen LogP contribution in [0.15, 0.2) is 53.7 Å². The molecule has 1 unspecified atom stereocenters. The highest BCUT2D eigenvalue weighted by Crippen LogP contribution is 2.32. The number of ether oxygens (including phenoxy) is 3. The molecular weight excluding hydrogens is 1040 g/mol. The summed E-state index contributed by atoms with van der Waals surface area (Å²) in [5.41, 5.74) is 16.7. The van der Waals surface area contributed by atoms with Gasteiger partial charge in [0.1, 0.15) is 48.3 Å². The van der Waals surface area contributed by atoms with Crippen LogP contribution in [0.25, 0.3) is 10.4 Å². The Morgan fingerprint density at radius 3 is 1.73 bits per heavy atom. The molecule has 3 aromatic heterocycles. The van der Waals surface area contributed by atoms with Crippen LogP contribution in [0, 0.1) is 13.8 Å². The number of aliphatic hydroxyl groups is 3. The minimum absolute atomic E-state index is 0.0172. The van der Waals surface area contributed by atoms with E-state index in [1.54, 1.807) is 26.1 Å². The number of nitrogens with one attached hydrogen (secondary N) is 2. The summed E-state index contributed by atoms with van der Waals surface area (Å²) in [6, 6.07) is -0.0583. The molecule has 77 heavy (non-hydrogen) atoms. The molecule has 0 aliphatic carbocycles. The lowest BCUT2D eigenvalue weighted by Gasteiger charge is -2.14. The van der Waals surface area contributed by atoms with Gasteiger partial charge in [-0.1, -0.05) is 76.2 Å². The number of aryl methyl sites for hydroxylation is 2. The second-order valence-electron chi connectivity index (χ2n) is 18.0. The molecule has 0 bridgehead atoms. The zero-order chi connectivity index (χ0) is 57.6. The number of anilines is 1. The molecule has 6 heterocycles. The van der Waals surface area contributed by atoms with Crippen molar-refractivity contribution in [3.05, 3.63) is 98.4 Å². The summed E-state index contributed by atoms with van der Waals surface area (Å²) in [6.45, 7) is 4.56. The molecule has 30 heteroatoms. The molecule has 6 rings (SSSR count). The highest BCUT2D eigenvalue weighted by molar-refractivity contribution is 8.00.